The highest BCUT2D eigenvalue weighted by Crippen LogP contribution is 2.31. The Hall–Kier alpha value is -0.820. The summed E-state index contributed by atoms with van der Waals surface area (Å²) in [6.07, 6.45) is 4.29. The van der Waals surface area contributed by atoms with Crippen molar-refractivity contribution in [3.8, 4) is 0 Å². The van der Waals surface area contributed by atoms with E-state index in [-0.39, 0.29) is 0 Å². The zero-order valence-electron chi connectivity index (χ0n) is 9.84. The second-order valence-corrected chi connectivity index (χ2v) is 4.77. The van der Waals surface area contributed by atoms with Crippen LogP contribution in [0.25, 0.3) is 0 Å². The van der Waals surface area contributed by atoms with E-state index in [0.29, 0.717) is 0 Å². The number of benzene rings is 1. The largest absolute Gasteiger partial charge is 0.313 e. The van der Waals surface area contributed by atoms with Crippen LogP contribution in [0.2, 0.25) is 0 Å². The molecule has 0 radical (unpaired) electrons. The summed E-state index contributed by atoms with van der Waals surface area (Å²) >= 11 is 0. The molecule has 15 heavy (non-hydrogen) atoms. The standard InChI is InChI=1S/C14H21N/c1-11-4-3-5-14(12(11)2)10-15-9-8-13-6-7-13/h3-5,13,15H,6-10H2,1-2H3. The molecular formula is C14H21N. The molecule has 1 N–H and O–H groups in total. The van der Waals surface area contributed by atoms with Crippen molar-refractivity contribution in [2.24, 2.45) is 5.92 Å². The molecule has 2 rings (SSSR count). The maximum Gasteiger partial charge on any atom is 0.0208 e. The predicted octanol–water partition coefficient (Wildman–Crippen LogP) is 3.19. The van der Waals surface area contributed by atoms with Crippen LogP contribution >= 0.6 is 0 Å². The van der Waals surface area contributed by atoms with Crippen molar-refractivity contribution in [3.63, 3.8) is 0 Å². The van der Waals surface area contributed by atoms with Gasteiger partial charge in [-0.15, -0.1) is 0 Å². The maximum atomic E-state index is 3.54. The van der Waals surface area contributed by atoms with Gasteiger partial charge in [-0.05, 0) is 49.4 Å². The van der Waals surface area contributed by atoms with Crippen LogP contribution in [0.5, 0.6) is 0 Å². The lowest BCUT2D eigenvalue weighted by atomic mass is 10.0. The molecule has 1 nitrogen and oxygen atoms in total. The van der Waals surface area contributed by atoms with Gasteiger partial charge in [0.2, 0.25) is 0 Å². The van der Waals surface area contributed by atoms with E-state index in [2.05, 4.69) is 37.4 Å². The van der Waals surface area contributed by atoms with Crippen LogP contribution in [0.3, 0.4) is 0 Å². The first-order chi connectivity index (χ1) is 7.27. The highest BCUT2D eigenvalue weighted by molar-refractivity contribution is 5.32. The van der Waals surface area contributed by atoms with E-state index < -0.39 is 0 Å². The SMILES string of the molecule is Cc1cccc(CNCCC2CC2)c1C. The fraction of sp³-hybridized carbons (Fsp3) is 0.571. The molecule has 0 saturated heterocycles. The maximum absolute atomic E-state index is 3.54. The molecule has 0 aliphatic heterocycles. The van der Waals surface area contributed by atoms with E-state index in [9.17, 15) is 0 Å². The molecule has 1 aliphatic carbocycles. The molecule has 1 aliphatic rings. The van der Waals surface area contributed by atoms with Gasteiger partial charge in [0.25, 0.3) is 0 Å². The predicted molar refractivity (Wildman–Crippen MR) is 65.0 cm³/mol. The second kappa shape index (κ2) is 4.80. The fourth-order valence-corrected chi connectivity index (χ4v) is 1.94. The van der Waals surface area contributed by atoms with Crippen LogP contribution < -0.4 is 5.32 Å². The molecule has 0 bridgehead atoms. The van der Waals surface area contributed by atoms with E-state index in [1.807, 2.05) is 0 Å². The summed E-state index contributed by atoms with van der Waals surface area (Å²) in [7, 11) is 0. The molecule has 1 saturated carbocycles. The highest BCUT2D eigenvalue weighted by atomic mass is 14.8. The Morgan fingerprint density at radius 2 is 2.07 bits per heavy atom. The summed E-state index contributed by atoms with van der Waals surface area (Å²) in [5, 5.41) is 3.54. The molecule has 0 spiro atoms. The minimum atomic E-state index is 1.03. The van der Waals surface area contributed by atoms with Crippen LogP contribution in [0.4, 0.5) is 0 Å². The molecular weight excluding hydrogens is 182 g/mol. The summed E-state index contributed by atoms with van der Waals surface area (Å²) in [6.45, 7) is 6.61. The van der Waals surface area contributed by atoms with Crippen molar-refractivity contribution in [1.82, 2.24) is 5.32 Å². The van der Waals surface area contributed by atoms with Crippen LogP contribution in [0.15, 0.2) is 18.2 Å². The van der Waals surface area contributed by atoms with Gasteiger partial charge < -0.3 is 5.32 Å². The molecule has 0 amide bonds. The lowest BCUT2D eigenvalue weighted by molar-refractivity contribution is 0.611. The van der Waals surface area contributed by atoms with Crippen LogP contribution in [0.1, 0.15) is 36.0 Å². The molecule has 0 atom stereocenters. The summed E-state index contributed by atoms with van der Waals surface area (Å²) < 4.78 is 0. The van der Waals surface area contributed by atoms with Gasteiger partial charge in [-0.3, -0.25) is 0 Å². The summed E-state index contributed by atoms with van der Waals surface area (Å²) in [5.74, 6) is 1.04. The average Bonchev–Trinajstić information content (AvgIpc) is 3.02. The van der Waals surface area contributed by atoms with Crippen LogP contribution in [-0.2, 0) is 6.54 Å². The van der Waals surface area contributed by atoms with Gasteiger partial charge in [0, 0.05) is 6.54 Å². The van der Waals surface area contributed by atoms with E-state index >= 15 is 0 Å². The fourth-order valence-electron chi connectivity index (χ4n) is 1.94. The van der Waals surface area contributed by atoms with Gasteiger partial charge in [0.15, 0.2) is 0 Å². The molecule has 1 aromatic rings. The van der Waals surface area contributed by atoms with Crippen LogP contribution in [0, 0.1) is 19.8 Å². The minimum Gasteiger partial charge on any atom is -0.313 e. The van der Waals surface area contributed by atoms with E-state index in [0.717, 1.165) is 12.5 Å². The lowest BCUT2D eigenvalue weighted by Crippen LogP contribution is -2.16. The molecule has 1 heteroatoms. The van der Waals surface area contributed by atoms with E-state index in [1.165, 1.54) is 42.5 Å². The zero-order valence-corrected chi connectivity index (χ0v) is 9.84. The molecule has 1 fully saturated rings. The molecule has 0 heterocycles. The third kappa shape index (κ3) is 3.07. The Morgan fingerprint density at radius 1 is 1.27 bits per heavy atom. The van der Waals surface area contributed by atoms with Crippen molar-refractivity contribution in [3.05, 3.63) is 34.9 Å². The summed E-state index contributed by atoms with van der Waals surface area (Å²) in [6, 6.07) is 6.57. The Morgan fingerprint density at radius 3 is 2.80 bits per heavy atom. The number of aryl methyl sites for hydroxylation is 1. The van der Waals surface area contributed by atoms with Crippen molar-refractivity contribution in [2.45, 2.75) is 39.7 Å². The van der Waals surface area contributed by atoms with Gasteiger partial charge in [-0.25, -0.2) is 0 Å². The monoisotopic (exact) mass is 203 g/mol. The first kappa shape index (κ1) is 10.7. The molecule has 1 aromatic carbocycles. The van der Waals surface area contributed by atoms with Gasteiger partial charge in [0.05, 0.1) is 0 Å². The third-order valence-electron chi connectivity index (χ3n) is 3.46. The molecule has 82 valence electrons. The van der Waals surface area contributed by atoms with E-state index in [1.54, 1.807) is 0 Å². The first-order valence-corrected chi connectivity index (χ1v) is 6.03. The number of hydrogen-bond acceptors (Lipinski definition) is 1. The Bertz CT molecular complexity index is 326. The van der Waals surface area contributed by atoms with Gasteiger partial charge in [0.1, 0.15) is 0 Å². The average molecular weight is 203 g/mol. The summed E-state index contributed by atoms with van der Waals surface area (Å²) in [5.41, 5.74) is 4.29. The molecule has 0 aromatic heterocycles. The number of rotatable bonds is 5. The van der Waals surface area contributed by atoms with Gasteiger partial charge in [-0.2, -0.15) is 0 Å². The minimum absolute atomic E-state index is 1.03. The van der Waals surface area contributed by atoms with Crippen molar-refractivity contribution in [2.75, 3.05) is 6.54 Å². The first-order valence-electron chi connectivity index (χ1n) is 6.03. The Kier molecular flexibility index (Phi) is 3.42. The van der Waals surface area contributed by atoms with Crippen molar-refractivity contribution >= 4 is 0 Å². The lowest BCUT2D eigenvalue weighted by Gasteiger charge is -2.09. The number of nitrogens with one attached hydrogen (secondary N) is 1. The number of hydrogen-bond donors (Lipinski definition) is 1. The highest BCUT2D eigenvalue weighted by Gasteiger charge is 2.19. The normalized spacial score (nSPS) is 15.6. The zero-order chi connectivity index (χ0) is 10.7. The summed E-state index contributed by atoms with van der Waals surface area (Å²) in [4.78, 5) is 0. The second-order valence-electron chi connectivity index (χ2n) is 4.77. The topological polar surface area (TPSA) is 12.0 Å². The van der Waals surface area contributed by atoms with E-state index in [4.69, 9.17) is 0 Å². The Labute approximate surface area is 92.9 Å². The van der Waals surface area contributed by atoms with Crippen LogP contribution in [-0.4, -0.2) is 6.54 Å². The van der Waals surface area contributed by atoms with Gasteiger partial charge >= 0.3 is 0 Å². The third-order valence-corrected chi connectivity index (χ3v) is 3.46. The van der Waals surface area contributed by atoms with Crippen molar-refractivity contribution in [1.29, 1.82) is 0 Å². The van der Waals surface area contributed by atoms with Gasteiger partial charge in [-0.1, -0.05) is 31.0 Å². The Balaban J connectivity index is 1.78. The molecule has 0 unspecified atom stereocenters. The quantitative estimate of drug-likeness (QED) is 0.725. The van der Waals surface area contributed by atoms with Crippen molar-refractivity contribution < 1.29 is 0 Å². The smallest absolute Gasteiger partial charge is 0.0208 e.